The lowest BCUT2D eigenvalue weighted by molar-refractivity contribution is 0.0510. The quantitative estimate of drug-likeness (QED) is 0.602. The van der Waals surface area contributed by atoms with Crippen LogP contribution in [0.5, 0.6) is 0 Å². The Morgan fingerprint density at radius 3 is 2.77 bits per heavy atom. The van der Waals surface area contributed by atoms with E-state index in [1.165, 1.54) is 0 Å². The van der Waals surface area contributed by atoms with Crippen molar-refractivity contribution in [1.29, 1.82) is 0 Å². The summed E-state index contributed by atoms with van der Waals surface area (Å²) in [7, 11) is 0. The first kappa shape index (κ1) is 21.4. The van der Waals surface area contributed by atoms with Crippen LogP contribution in [0.1, 0.15) is 55.0 Å². The van der Waals surface area contributed by atoms with Crippen LogP contribution in [0.3, 0.4) is 0 Å². The van der Waals surface area contributed by atoms with Crippen molar-refractivity contribution in [1.82, 2.24) is 20.1 Å². The number of nitrogens with one attached hydrogen (secondary N) is 1. The van der Waals surface area contributed by atoms with E-state index in [1.54, 1.807) is 38.6 Å². The molecule has 0 fully saturated rings. The number of ether oxygens (including phenoxy) is 2. The number of aryl methyl sites for hydroxylation is 1. The monoisotopic (exact) mass is 410 g/mol. The highest BCUT2D eigenvalue weighted by Gasteiger charge is 2.29. The molecule has 0 aromatic carbocycles. The second-order valence-electron chi connectivity index (χ2n) is 7.92. The van der Waals surface area contributed by atoms with E-state index in [4.69, 9.17) is 15.9 Å². The fraction of sp³-hybridized carbons (Fsp3) is 0.455. The molecule has 0 saturated carbocycles. The first-order valence-corrected chi connectivity index (χ1v) is 9.93. The summed E-state index contributed by atoms with van der Waals surface area (Å²) in [5.74, 6) is 2.11. The molecule has 1 aliphatic rings. The SMILES string of the molecule is C#Cc1cc2c(cn1)CCc1c-2nn(CCNC(=O)OC(C)(C)C)c1C(=O)OCC. The van der Waals surface area contributed by atoms with Gasteiger partial charge in [-0.05, 0) is 52.2 Å². The number of fused-ring (bicyclic) bond motifs is 3. The van der Waals surface area contributed by atoms with Crippen LogP contribution < -0.4 is 5.32 Å². The predicted molar refractivity (Wildman–Crippen MR) is 111 cm³/mol. The van der Waals surface area contributed by atoms with Gasteiger partial charge in [0.1, 0.15) is 17.0 Å². The van der Waals surface area contributed by atoms with Crippen LogP contribution in [0, 0.1) is 12.3 Å². The van der Waals surface area contributed by atoms with Crippen LogP contribution >= 0.6 is 0 Å². The van der Waals surface area contributed by atoms with E-state index in [2.05, 4.69) is 21.3 Å². The molecule has 30 heavy (non-hydrogen) atoms. The Morgan fingerprint density at radius 2 is 2.10 bits per heavy atom. The number of esters is 1. The second-order valence-corrected chi connectivity index (χ2v) is 7.92. The number of pyridine rings is 1. The minimum Gasteiger partial charge on any atom is -0.461 e. The van der Waals surface area contributed by atoms with E-state index in [0.29, 0.717) is 30.0 Å². The Bertz CT molecular complexity index is 1010. The molecule has 0 aliphatic heterocycles. The molecule has 0 atom stereocenters. The Balaban J connectivity index is 1.90. The Labute approximate surface area is 176 Å². The molecule has 1 aliphatic carbocycles. The molecule has 0 bridgehead atoms. The lowest BCUT2D eigenvalue weighted by Gasteiger charge is -2.19. The van der Waals surface area contributed by atoms with Crippen LogP contribution in [0.2, 0.25) is 0 Å². The first-order chi connectivity index (χ1) is 14.2. The number of carbonyl (C=O) groups excluding carboxylic acids is 2. The van der Waals surface area contributed by atoms with Gasteiger partial charge in [0.15, 0.2) is 0 Å². The third-order valence-corrected chi connectivity index (χ3v) is 4.54. The number of carbonyl (C=O) groups is 2. The summed E-state index contributed by atoms with van der Waals surface area (Å²) >= 11 is 0. The minimum absolute atomic E-state index is 0.251. The van der Waals surface area contributed by atoms with Crippen molar-refractivity contribution in [2.45, 2.75) is 52.7 Å². The van der Waals surface area contributed by atoms with Gasteiger partial charge in [0.25, 0.3) is 0 Å². The third kappa shape index (κ3) is 4.62. The number of alkyl carbamates (subject to hydrolysis) is 1. The molecular formula is C22H26N4O4. The zero-order valence-corrected chi connectivity index (χ0v) is 17.7. The zero-order chi connectivity index (χ0) is 21.9. The summed E-state index contributed by atoms with van der Waals surface area (Å²) in [5, 5.41) is 7.36. The van der Waals surface area contributed by atoms with Crippen LogP contribution in [0.4, 0.5) is 4.79 Å². The van der Waals surface area contributed by atoms with Gasteiger partial charge in [-0.2, -0.15) is 5.10 Å². The van der Waals surface area contributed by atoms with Crippen LogP contribution in [0.15, 0.2) is 12.3 Å². The topological polar surface area (TPSA) is 95.3 Å². The molecule has 2 aromatic rings. The van der Waals surface area contributed by atoms with E-state index in [0.717, 1.165) is 23.1 Å². The van der Waals surface area contributed by atoms with Crippen molar-refractivity contribution in [3.63, 3.8) is 0 Å². The molecule has 0 radical (unpaired) electrons. The van der Waals surface area contributed by atoms with E-state index < -0.39 is 17.7 Å². The normalized spacial score (nSPS) is 12.4. The largest absolute Gasteiger partial charge is 0.461 e. The number of aromatic nitrogens is 3. The van der Waals surface area contributed by atoms with Crippen LogP contribution in [-0.2, 0) is 28.9 Å². The van der Waals surface area contributed by atoms with E-state index in [-0.39, 0.29) is 13.2 Å². The van der Waals surface area contributed by atoms with Gasteiger partial charge >= 0.3 is 12.1 Å². The number of amides is 1. The fourth-order valence-electron chi connectivity index (χ4n) is 3.36. The molecule has 0 saturated heterocycles. The summed E-state index contributed by atoms with van der Waals surface area (Å²) in [6, 6.07) is 1.82. The highest BCUT2D eigenvalue weighted by molar-refractivity contribution is 5.92. The van der Waals surface area contributed by atoms with Gasteiger partial charge in [-0.1, -0.05) is 5.92 Å². The standard InChI is InChI=1S/C22H26N4O4/c1-6-15-12-17-14(13-24-15)8-9-16-18(17)25-26(19(16)20(27)29-7-2)11-10-23-21(28)30-22(3,4)5/h1,12-13H,7-11H2,2-5H3,(H,23,28). The first-order valence-electron chi connectivity index (χ1n) is 9.93. The molecule has 0 unspecified atom stereocenters. The Hall–Kier alpha value is -3.34. The predicted octanol–water partition coefficient (Wildman–Crippen LogP) is 2.73. The van der Waals surface area contributed by atoms with Gasteiger partial charge < -0.3 is 14.8 Å². The minimum atomic E-state index is -0.586. The van der Waals surface area contributed by atoms with Crippen molar-refractivity contribution in [2.24, 2.45) is 0 Å². The van der Waals surface area contributed by atoms with Crippen LogP contribution in [-0.4, -0.2) is 45.6 Å². The number of rotatable bonds is 5. The fourth-order valence-corrected chi connectivity index (χ4v) is 3.36. The lowest BCUT2D eigenvalue weighted by Crippen LogP contribution is -2.34. The van der Waals surface area contributed by atoms with Crippen molar-refractivity contribution in [3.05, 3.63) is 34.8 Å². The van der Waals surface area contributed by atoms with Crippen molar-refractivity contribution < 1.29 is 19.1 Å². The average molecular weight is 410 g/mol. The molecule has 2 aromatic heterocycles. The average Bonchev–Trinajstić information content (AvgIpc) is 3.05. The highest BCUT2D eigenvalue weighted by Crippen LogP contribution is 2.35. The summed E-state index contributed by atoms with van der Waals surface area (Å²) < 4.78 is 12.1. The molecule has 1 N–H and O–H groups in total. The van der Waals surface area contributed by atoms with Gasteiger partial charge in [0.2, 0.25) is 0 Å². The molecule has 3 rings (SSSR count). The van der Waals surface area contributed by atoms with Crippen molar-refractivity contribution in [3.8, 4) is 23.6 Å². The molecule has 158 valence electrons. The number of terminal acetylenes is 1. The maximum atomic E-state index is 12.7. The lowest BCUT2D eigenvalue weighted by atomic mass is 9.90. The van der Waals surface area contributed by atoms with E-state index >= 15 is 0 Å². The molecule has 8 heteroatoms. The molecular weight excluding hydrogens is 384 g/mol. The summed E-state index contributed by atoms with van der Waals surface area (Å²) in [6.07, 6.45) is 8.12. The van der Waals surface area contributed by atoms with Crippen molar-refractivity contribution >= 4 is 12.1 Å². The van der Waals surface area contributed by atoms with Crippen molar-refractivity contribution in [2.75, 3.05) is 13.2 Å². The van der Waals surface area contributed by atoms with Gasteiger partial charge in [-0.15, -0.1) is 6.42 Å². The molecule has 1 amide bonds. The number of hydrogen-bond donors (Lipinski definition) is 1. The van der Waals surface area contributed by atoms with E-state index in [1.807, 2.05) is 6.07 Å². The van der Waals surface area contributed by atoms with Gasteiger partial charge in [0, 0.05) is 23.9 Å². The Morgan fingerprint density at radius 1 is 1.33 bits per heavy atom. The highest BCUT2D eigenvalue weighted by atomic mass is 16.6. The molecule has 0 spiro atoms. The summed E-state index contributed by atoms with van der Waals surface area (Å²) in [4.78, 5) is 28.8. The number of hydrogen-bond acceptors (Lipinski definition) is 6. The maximum absolute atomic E-state index is 12.7. The maximum Gasteiger partial charge on any atom is 0.407 e. The smallest absolute Gasteiger partial charge is 0.407 e. The Kier molecular flexibility index (Phi) is 6.11. The third-order valence-electron chi connectivity index (χ3n) is 4.54. The zero-order valence-electron chi connectivity index (χ0n) is 17.7. The van der Waals surface area contributed by atoms with Gasteiger partial charge in [-0.25, -0.2) is 14.6 Å². The van der Waals surface area contributed by atoms with E-state index in [9.17, 15) is 9.59 Å². The number of nitrogens with zero attached hydrogens (tertiary/aromatic N) is 3. The second kappa shape index (κ2) is 8.57. The van der Waals surface area contributed by atoms with Crippen LogP contribution in [0.25, 0.3) is 11.3 Å². The van der Waals surface area contributed by atoms with Gasteiger partial charge in [-0.3, -0.25) is 4.68 Å². The van der Waals surface area contributed by atoms with Gasteiger partial charge in [0.05, 0.1) is 18.8 Å². The summed E-state index contributed by atoms with van der Waals surface area (Å²) in [5.41, 5.74) is 3.78. The summed E-state index contributed by atoms with van der Waals surface area (Å²) in [6.45, 7) is 7.95. The molecule has 2 heterocycles. The molecule has 8 nitrogen and oxygen atoms in total.